The van der Waals surface area contributed by atoms with Crippen LogP contribution in [0.5, 0.6) is 0 Å². The monoisotopic (exact) mass is 340 g/mol. The average Bonchev–Trinajstić information content (AvgIpc) is 2.36. The van der Waals surface area contributed by atoms with Crippen LogP contribution in [-0.4, -0.2) is 59.8 Å². The third kappa shape index (κ3) is 2.89. The summed E-state index contributed by atoms with van der Waals surface area (Å²) in [7, 11) is -4.01. The van der Waals surface area contributed by atoms with E-state index < -0.39 is 56.8 Å². The molecule has 0 aliphatic carbocycles. The fourth-order valence-electron chi connectivity index (χ4n) is 2.14. The maximum absolute atomic E-state index is 12.0. The molecule has 0 aromatic rings. The first-order valence-corrected chi connectivity index (χ1v) is 7.26. The summed E-state index contributed by atoms with van der Waals surface area (Å²) in [6, 6.07) is 0. The molecule has 0 spiro atoms. The normalized spacial score (nSPS) is 24.2. The van der Waals surface area contributed by atoms with Crippen molar-refractivity contribution in [1.82, 2.24) is 4.90 Å². The number of sulfone groups is 1. The van der Waals surface area contributed by atoms with E-state index in [1.165, 1.54) is 0 Å². The Bertz CT molecular complexity index is 710. The molecule has 1 N–H and O–H groups in total. The molecule has 1 fully saturated rings. The van der Waals surface area contributed by atoms with Crippen LogP contribution in [0.4, 0.5) is 0 Å². The zero-order chi connectivity index (χ0) is 15.9. The van der Waals surface area contributed by atoms with Crippen molar-refractivity contribution >= 4 is 33.4 Å². The van der Waals surface area contributed by atoms with E-state index in [-0.39, 0.29) is 35.1 Å². The zero-order valence-electron chi connectivity index (χ0n) is 11.6. The Labute approximate surface area is 146 Å². The van der Waals surface area contributed by atoms with Crippen LogP contribution in [0.2, 0.25) is 0 Å². The molecule has 0 bridgehead atoms. The molecule has 2 aliphatic heterocycles. The Morgan fingerprint density at radius 3 is 2.55 bits per heavy atom. The molecular weight excluding hydrogens is 331 g/mol. The predicted octanol–water partition coefficient (Wildman–Crippen LogP) is -6.02. The Hall–Kier alpha value is -1.43. The largest absolute Gasteiger partial charge is 1.00 e. The molecule has 0 radical (unpaired) electrons. The number of amides is 1. The molecule has 2 heterocycles. The number of rotatable bonds is 3. The summed E-state index contributed by atoms with van der Waals surface area (Å²) in [5.74, 6) is -4.35. The van der Waals surface area contributed by atoms with Gasteiger partial charge in [-0.25, -0.2) is 8.42 Å². The van der Waals surface area contributed by atoms with Crippen LogP contribution in [-0.2, 0) is 29.0 Å². The maximum atomic E-state index is 12.0. The first-order valence-electron chi connectivity index (χ1n) is 5.54. The zero-order valence-corrected chi connectivity index (χ0v) is 14.4. The van der Waals surface area contributed by atoms with Crippen molar-refractivity contribution in [3.05, 3.63) is 11.3 Å². The van der Waals surface area contributed by atoms with Crippen molar-refractivity contribution < 1.29 is 67.4 Å². The molecule has 0 aromatic heterocycles. The van der Waals surface area contributed by atoms with Crippen molar-refractivity contribution in [3.8, 4) is 0 Å². The number of carboxylic acid groups (broad SMARTS) is 1. The summed E-state index contributed by atoms with van der Waals surface area (Å²) < 4.78 is 28.6. The smallest absolute Gasteiger partial charge is 0.543 e. The number of nitrogens with zero attached hydrogens (tertiary/aromatic N) is 2. The number of hydrogen-bond acceptors (Lipinski definition) is 9. The predicted molar refractivity (Wildman–Crippen MR) is 62.3 cm³/mol. The molecule has 0 saturated carbocycles. The van der Waals surface area contributed by atoms with Crippen LogP contribution in [0.3, 0.4) is 0 Å². The second-order valence-electron chi connectivity index (χ2n) is 4.34. The first-order chi connectivity index (χ1) is 9.70. The molecule has 1 atom stereocenters. The average molecular weight is 340 g/mol. The van der Waals surface area contributed by atoms with Crippen molar-refractivity contribution in [2.24, 2.45) is 5.16 Å². The van der Waals surface area contributed by atoms with Gasteiger partial charge in [0.1, 0.15) is 6.61 Å². The van der Waals surface area contributed by atoms with Gasteiger partial charge >= 0.3 is 35.5 Å². The van der Waals surface area contributed by atoms with Gasteiger partial charge in [0.05, 0.1) is 17.4 Å². The van der Waals surface area contributed by atoms with Gasteiger partial charge in [0, 0.05) is 12.5 Å². The molecule has 0 aromatic carbocycles. The molecule has 2 rings (SSSR count). The third-order valence-electron chi connectivity index (χ3n) is 2.95. The van der Waals surface area contributed by atoms with Crippen LogP contribution in [0.1, 0.15) is 6.92 Å². The molecule has 114 valence electrons. The van der Waals surface area contributed by atoms with Crippen molar-refractivity contribution in [2.75, 3.05) is 12.4 Å². The number of ether oxygens (including phenoxy) is 1. The minimum atomic E-state index is -4.01. The van der Waals surface area contributed by atoms with Crippen LogP contribution in [0, 0.1) is 0 Å². The molecule has 12 heteroatoms. The first kappa shape index (κ1) is 18.6. The van der Waals surface area contributed by atoms with Gasteiger partial charge in [-0.1, -0.05) is 5.16 Å². The van der Waals surface area contributed by atoms with E-state index in [9.17, 15) is 27.9 Å². The van der Waals surface area contributed by atoms with E-state index in [0.717, 1.165) is 6.92 Å². The Morgan fingerprint density at radius 2 is 2.09 bits per heavy atom. The Morgan fingerprint density at radius 1 is 1.50 bits per heavy atom. The molecular formula is C10H9N2NaO8S. The molecule has 1 saturated heterocycles. The molecule has 1 amide bonds. The van der Waals surface area contributed by atoms with Gasteiger partial charge in [-0.05, 0) is 0 Å². The van der Waals surface area contributed by atoms with Crippen molar-refractivity contribution in [3.63, 3.8) is 0 Å². The van der Waals surface area contributed by atoms with E-state index >= 15 is 0 Å². The van der Waals surface area contributed by atoms with Crippen LogP contribution < -0.4 is 34.7 Å². The van der Waals surface area contributed by atoms with Crippen LogP contribution in [0.25, 0.3) is 0 Å². The summed E-state index contributed by atoms with van der Waals surface area (Å²) in [6.45, 7) is 0.463. The van der Waals surface area contributed by atoms with Gasteiger partial charge < -0.3 is 19.8 Å². The Balaban J connectivity index is 0.00000242. The SMILES string of the molecule is CC(=O)OCC1=C(C(=O)[O-])N2C(=O)/C(=N/O)[C@H]2S(=O)(=O)C1.[Na+]. The number of oxime groups is 1. The summed E-state index contributed by atoms with van der Waals surface area (Å²) in [5.41, 5.74) is -1.64. The van der Waals surface area contributed by atoms with Gasteiger partial charge in [0.2, 0.25) is 0 Å². The Kier molecular flexibility index (Phi) is 5.38. The number of hydrogen-bond donors (Lipinski definition) is 1. The number of carbonyl (C=O) groups excluding carboxylic acids is 3. The van der Waals surface area contributed by atoms with Crippen molar-refractivity contribution in [1.29, 1.82) is 0 Å². The van der Waals surface area contributed by atoms with Gasteiger partial charge in [-0.3, -0.25) is 14.5 Å². The summed E-state index contributed by atoms with van der Waals surface area (Å²) in [4.78, 5) is 34.0. The third-order valence-corrected chi connectivity index (χ3v) is 4.81. The topological polar surface area (TPSA) is 153 Å². The number of β-lactam (4-membered cyclic amide) rings is 1. The molecule has 10 nitrogen and oxygen atoms in total. The number of aliphatic carboxylic acids is 1. The van der Waals surface area contributed by atoms with Gasteiger partial charge in [-0.15, -0.1) is 0 Å². The quantitative estimate of drug-likeness (QED) is 0.175. The molecule has 2 aliphatic rings. The van der Waals surface area contributed by atoms with Crippen LogP contribution >= 0.6 is 0 Å². The standard InChI is InChI=1S/C10H10N2O8S.Na/c1-4(13)20-2-5-3-21(18,19)9-6(11-17)8(14)12(9)7(5)10(15)16;/h9,17H,2-3H2,1H3,(H,15,16);/q;+1/p-1/b11-6-;/t9-;/m1./s1. The van der Waals surface area contributed by atoms with Gasteiger partial charge in [0.25, 0.3) is 5.91 Å². The number of fused-ring (bicyclic) bond motifs is 1. The second-order valence-corrected chi connectivity index (χ2v) is 6.40. The van der Waals surface area contributed by atoms with E-state index in [1.54, 1.807) is 0 Å². The van der Waals surface area contributed by atoms with E-state index in [4.69, 9.17) is 5.21 Å². The minimum absolute atomic E-state index is 0. The van der Waals surface area contributed by atoms with Crippen LogP contribution in [0.15, 0.2) is 16.4 Å². The number of carbonyl (C=O) groups is 3. The summed E-state index contributed by atoms with van der Waals surface area (Å²) in [6.07, 6.45) is 0. The fraction of sp³-hybridized carbons (Fsp3) is 0.400. The second kappa shape index (κ2) is 6.36. The summed E-state index contributed by atoms with van der Waals surface area (Å²) in [5, 5.41) is 20.7. The summed E-state index contributed by atoms with van der Waals surface area (Å²) >= 11 is 0. The molecule has 0 unspecified atom stereocenters. The van der Waals surface area contributed by atoms with Gasteiger partial charge in [0.15, 0.2) is 20.9 Å². The molecule has 22 heavy (non-hydrogen) atoms. The number of carboxylic acids is 1. The maximum Gasteiger partial charge on any atom is 1.00 e. The number of esters is 1. The fourth-order valence-corrected chi connectivity index (χ4v) is 4.01. The van der Waals surface area contributed by atoms with E-state index in [2.05, 4.69) is 9.89 Å². The minimum Gasteiger partial charge on any atom is -0.543 e. The van der Waals surface area contributed by atoms with Gasteiger partial charge in [-0.2, -0.15) is 0 Å². The van der Waals surface area contributed by atoms with E-state index in [0.29, 0.717) is 4.90 Å². The van der Waals surface area contributed by atoms with Crippen molar-refractivity contribution in [2.45, 2.75) is 12.3 Å². The van der Waals surface area contributed by atoms with E-state index in [1.807, 2.05) is 0 Å².